The van der Waals surface area contributed by atoms with E-state index in [2.05, 4.69) is 4.72 Å². The highest BCUT2D eigenvalue weighted by molar-refractivity contribution is 7.89. The molecule has 0 saturated heterocycles. The van der Waals surface area contributed by atoms with Crippen LogP contribution in [0, 0.1) is 6.92 Å². The molecule has 0 fully saturated rings. The number of rotatable bonds is 4. The second-order valence-corrected chi connectivity index (χ2v) is 6.62. The Morgan fingerprint density at radius 1 is 1.33 bits per heavy atom. The molecule has 1 aromatic carbocycles. The number of hydrogen-bond donors (Lipinski definition) is 2. The third-order valence-corrected chi connectivity index (χ3v) is 4.94. The van der Waals surface area contributed by atoms with Crippen LogP contribution in [0.1, 0.15) is 10.4 Å². The van der Waals surface area contributed by atoms with Crippen molar-refractivity contribution in [3.05, 3.63) is 46.2 Å². The number of hydrogen-bond acceptors (Lipinski definition) is 4. The summed E-state index contributed by atoms with van der Waals surface area (Å²) in [7, 11) is -3.58. The lowest BCUT2D eigenvalue weighted by Crippen LogP contribution is -2.23. The maximum Gasteiger partial charge on any atom is 0.241 e. The maximum absolute atomic E-state index is 12.0. The quantitative estimate of drug-likeness (QED) is 0.904. The van der Waals surface area contributed by atoms with E-state index >= 15 is 0 Å². The number of thiophene rings is 1. The van der Waals surface area contributed by atoms with Crippen molar-refractivity contribution in [3.8, 4) is 5.75 Å². The van der Waals surface area contributed by atoms with Crippen LogP contribution < -0.4 is 4.72 Å². The van der Waals surface area contributed by atoms with Gasteiger partial charge in [0.05, 0.1) is 4.90 Å². The molecule has 0 aliphatic carbocycles. The van der Waals surface area contributed by atoms with Crippen molar-refractivity contribution in [2.75, 3.05) is 0 Å². The topological polar surface area (TPSA) is 66.4 Å². The van der Waals surface area contributed by atoms with Crippen LogP contribution in [0.3, 0.4) is 0 Å². The fraction of sp³-hybridized carbons (Fsp3) is 0.167. The first-order valence-electron chi connectivity index (χ1n) is 5.31. The van der Waals surface area contributed by atoms with Crippen LogP contribution in [-0.4, -0.2) is 13.5 Å². The Hall–Kier alpha value is -1.37. The van der Waals surface area contributed by atoms with Gasteiger partial charge in [0.25, 0.3) is 0 Å². The van der Waals surface area contributed by atoms with Crippen LogP contribution in [0.2, 0.25) is 0 Å². The summed E-state index contributed by atoms with van der Waals surface area (Å²) < 4.78 is 26.5. The van der Waals surface area contributed by atoms with E-state index in [-0.39, 0.29) is 17.2 Å². The van der Waals surface area contributed by atoms with Gasteiger partial charge in [-0.1, -0.05) is 6.07 Å². The Kier molecular flexibility index (Phi) is 3.70. The van der Waals surface area contributed by atoms with Gasteiger partial charge in [-0.2, -0.15) is 0 Å². The summed E-state index contributed by atoms with van der Waals surface area (Å²) in [5.74, 6) is -0.0646. The summed E-state index contributed by atoms with van der Waals surface area (Å²) in [6.07, 6.45) is 0. The second kappa shape index (κ2) is 5.09. The molecule has 96 valence electrons. The molecular formula is C12H13NO3S2. The van der Waals surface area contributed by atoms with Gasteiger partial charge in [-0.25, -0.2) is 13.1 Å². The Morgan fingerprint density at radius 2 is 2.11 bits per heavy atom. The van der Waals surface area contributed by atoms with E-state index in [1.165, 1.54) is 35.6 Å². The fourth-order valence-electron chi connectivity index (χ4n) is 1.48. The molecule has 1 heterocycles. The van der Waals surface area contributed by atoms with Crippen molar-refractivity contribution >= 4 is 21.4 Å². The minimum absolute atomic E-state index is 0.0646. The molecule has 0 aliphatic rings. The zero-order chi connectivity index (χ0) is 13.2. The molecule has 2 rings (SSSR count). The number of phenolic OH excluding ortho intramolecular Hbond substituents is 1. The van der Waals surface area contributed by atoms with Crippen molar-refractivity contribution in [1.29, 1.82) is 0 Å². The monoisotopic (exact) mass is 283 g/mol. The highest BCUT2D eigenvalue weighted by atomic mass is 32.2. The Morgan fingerprint density at radius 3 is 2.72 bits per heavy atom. The predicted molar refractivity (Wildman–Crippen MR) is 71.2 cm³/mol. The van der Waals surface area contributed by atoms with Gasteiger partial charge < -0.3 is 5.11 Å². The molecule has 0 amide bonds. The molecule has 0 bridgehead atoms. The first-order valence-corrected chi connectivity index (χ1v) is 7.67. The SMILES string of the molecule is Cc1ccsc1CNS(=O)(=O)c1cccc(O)c1. The summed E-state index contributed by atoms with van der Waals surface area (Å²) in [4.78, 5) is 1.05. The average Bonchev–Trinajstić information content (AvgIpc) is 2.72. The molecule has 1 aromatic heterocycles. The van der Waals surface area contributed by atoms with Gasteiger partial charge in [0.2, 0.25) is 10.0 Å². The zero-order valence-corrected chi connectivity index (χ0v) is 11.4. The highest BCUT2D eigenvalue weighted by Gasteiger charge is 2.14. The molecule has 6 heteroatoms. The molecule has 18 heavy (non-hydrogen) atoms. The van der Waals surface area contributed by atoms with Gasteiger partial charge >= 0.3 is 0 Å². The van der Waals surface area contributed by atoms with Crippen molar-refractivity contribution < 1.29 is 13.5 Å². The van der Waals surface area contributed by atoms with Crippen LogP contribution in [-0.2, 0) is 16.6 Å². The number of aryl methyl sites for hydroxylation is 1. The van der Waals surface area contributed by atoms with Gasteiger partial charge in [-0.05, 0) is 42.1 Å². The molecular weight excluding hydrogens is 270 g/mol. The summed E-state index contributed by atoms with van der Waals surface area (Å²) in [5, 5.41) is 11.2. The lowest BCUT2D eigenvalue weighted by Gasteiger charge is -2.06. The Labute approximate surface area is 110 Å². The largest absolute Gasteiger partial charge is 0.508 e. The lowest BCUT2D eigenvalue weighted by atomic mass is 10.3. The average molecular weight is 283 g/mol. The minimum atomic E-state index is -3.58. The number of nitrogens with one attached hydrogen (secondary N) is 1. The highest BCUT2D eigenvalue weighted by Crippen LogP contribution is 2.18. The minimum Gasteiger partial charge on any atom is -0.508 e. The summed E-state index contributed by atoms with van der Waals surface area (Å²) in [6, 6.07) is 7.55. The van der Waals surface area contributed by atoms with Crippen molar-refractivity contribution in [1.82, 2.24) is 4.72 Å². The van der Waals surface area contributed by atoms with Crippen LogP contribution in [0.25, 0.3) is 0 Å². The first-order chi connectivity index (χ1) is 8.49. The molecule has 2 N–H and O–H groups in total. The third-order valence-electron chi connectivity index (χ3n) is 2.52. The first kappa shape index (κ1) is 13.1. The lowest BCUT2D eigenvalue weighted by molar-refractivity contribution is 0.473. The Bertz CT molecular complexity index is 647. The second-order valence-electron chi connectivity index (χ2n) is 3.85. The molecule has 0 unspecified atom stereocenters. The Balaban J connectivity index is 2.16. The summed E-state index contributed by atoms with van der Waals surface area (Å²) in [5.41, 5.74) is 1.07. The molecule has 0 radical (unpaired) electrons. The van der Waals surface area contributed by atoms with Crippen LogP contribution in [0.5, 0.6) is 5.75 Å². The standard InChI is InChI=1S/C12H13NO3S2/c1-9-5-6-17-12(9)8-13-18(15,16)11-4-2-3-10(14)7-11/h2-7,13-14H,8H2,1H3. The predicted octanol–water partition coefficient (Wildman–Crippen LogP) is 2.24. The van der Waals surface area contributed by atoms with E-state index in [4.69, 9.17) is 0 Å². The van der Waals surface area contributed by atoms with E-state index in [0.717, 1.165) is 10.4 Å². The number of aromatic hydroxyl groups is 1. The van der Waals surface area contributed by atoms with E-state index in [0.29, 0.717) is 0 Å². The van der Waals surface area contributed by atoms with Gasteiger partial charge in [0.15, 0.2) is 0 Å². The van der Waals surface area contributed by atoms with Gasteiger partial charge in [-0.15, -0.1) is 11.3 Å². The van der Waals surface area contributed by atoms with E-state index < -0.39 is 10.0 Å². The number of phenols is 1. The van der Waals surface area contributed by atoms with Crippen molar-refractivity contribution in [2.24, 2.45) is 0 Å². The molecule has 0 saturated carbocycles. The molecule has 0 spiro atoms. The van der Waals surface area contributed by atoms with E-state index in [9.17, 15) is 13.5 Å². The van der Waals surface area contributed by atoms with Gasteiger partial charge in [-0.3, -0.25) is 0 Å². The number of benzene rings is 1. The third kappa shape index (κ3) is 2.90. The summed E-state index contributed by atoms with van der Waals surface area (Å²) in [6.45, 7) is 2.20. The fourth-order valence-corrected chi connectivity index (χ4v) is 3.45. The molecule has 0 atom stereocenters. The van der Waals surface area contributed by atoms with E-state index in [1.807, 2.05) is 18.4 Å². The summed E-state index contributed by atoms with van der Waals surface area (Å²) >= 11 is 1.51. The van der Waals surface area contributed by atoms with Crippen molar-refractivity contribution in [2.45, 2.75) is 18.4 Å². The van der Waals surface area contributed by atoms with Crippen LogP contribution in [0.4, 0.5) is 0 Å². The van der Waals surface area contributed by atoms with Gasteiger partial charge in [0.1, 0.15) is 5.75 Å². The van der Waals surface area contributed by atoms with Crippen LogP contribution >= 0.6 is 11.3 Å². The molecule has 0 aliphatic heterocycles. The number of sulfonamides is 1. The molecule has 4 nitrogen and oxygen atoms in total. The zero-order valence-electron chi connectivity index (χ0n) is 9.75. The molecule has 2 aromatic rings. The maximum atomic E-state index is 12.0. The van der Waals surface area contributed by atoms with Crippen LogP contribution in [0.15, 0.2) is 40.6 Å². The normalized spacial score (nSPS) is 11.6. The van der Waals surface area contributed by atoms with Gasteiger partial charge in [0, 0.05) is 11.4 Å². The van der Waals surface area contributed by atoms with E-state index in [1.54, 1.807) is 0 Å². The smallest absolute Gasteiger partial charge is 0.241 e. The van der Waals surface area contributed by atoms with Crippen molar-refractivity contribution in [3.63, 3.8) is 0 Å².